The van der Waals surface area contributed by atoms with Gasteiger partial charge in [0.25, 0.3) is 0 Å². The highest BCUT2D eigenvalue weighted by Crippen LogP contribution is 2.51. The normalized spacial score (nSPS) is 25.3. The summed E-state index contributed by atoms with van der Waals surface area (Å²) in [4.78, 5) is 0. The van der Waals surface area contributed by atoms with Gasteiger partial charge < -0.3 is 4.74 Å². The van der Waals surface area contributed by atoms with Crippen LogP contribution in [0, 0.1) is 23.5 Å². The Balaban J connectivity index is 2.33. The summed E-state index contributed by atoms with van der Waals surface area (Å²) in [7, 11) is 1.37. The molecular formula is C12H13ClF2O. The van der Waals surface area contributed by atoms with Crippen molar-refractivity contribution in [3.05, 3.63) is 29.3 Å². The first kappa shape index (κ1) is 11.6. The van der Waals surface area contributed by atoms with Crippen molar-refractivity contribution < 1.29 is 13.5 Å². The number of hydrogen-bond donors (Lipinski definition) is 0. The van der Waals surface area contributed by atoms with Gasteiger partial charge in [-0.25, -0.2) is 8.78 Å². The van der Waals surface area contributed by atoms with Gasteiger partial charge in [0.15, 0.2) is 0 Å². The molecule has 0 aliphatic heterocycles. The van der Waals surface area contributed by atoms with Crippen LogP contribution in [0.4, 0.5) is 8.78 Å². The maximum atomic E-state index is 13.7. The lowest BCUT2D eigenvalue weighted by molar-refractivity contribution is 0.404. The van der Waals surface area contributed by atoms with Gasteiger partial charge in [-0.3, -0.25) is 0 Å². The third-order valence-electron chi connectivity index (χ3n) is 3.11. The summed E-state index contributed by atoms with van der Waals surface area (Å²) >= 11 is 6.08. The van der Waals surface area contributed by atoms with Crippen LogP contribution in [0.25, 0.3) is 0 Å². The van der Waals surface area contributed by atoms with Gasteiger partial charge in [-0.05, 0) is 18.3 Å². The van der Waals surface area contributed by atoms with Crippen molar-refractivity contribution in [2.24, 2.45) is 11.8 Å². The molecule has 88 valence electrons. The number of methoxy groups -OCH3 is 1. The standard InChI is InChI=1S/C12H13ClF2O/c1-6-3-8(6)12(13)11-9(14)4-7(16-2)5-10(11)15/h4-6,8,12H,3H2,1-2H3. The second kappa shape index (κ2) is 4.21. The number of alkyl halides is 1. The molecule has 3 atom stereocenters. The van der Waals surface area contributed by atoms with Crippen LogP contribution in [0.5, 0.6) is 5.75 Å². The maximum absolute atomic E-state index is 13.7. The molecule has 0 saturated heterocycles. The van der Waals surface area contributed by atoms with E-state index < -0.39 is 17.0 Å². The lowest BCUT2D eigenvalue weighted by Crippen LogP contribution is -2.03. The van der Waals surface area contributed by atoms with Crippen LogP contribution in [-0.2, 0) is 0 Å². The lowest BCUT2D eigenvalue weighted by atomic mass is 10.1. The summed E-state index contributed by atoms with van der Waals surface area (Å²) in [5.74, 6) is -0.458. The molecule has 1 aromatic rings. The summed E-state index contributed by atoms with van der Waals surface area (Å²) in [6, 6.07) is 2.34. The second-order valence-corrected chi connectivity index (χ2v) is 4.75. The van der Waals surface area contributed by atoms with Crippen molar-refractivity contribution >= 4 is 11.6 Å². The Kier molecular flexibility index (Phi) is 3.06. The SMILES string of the molecule is COc1cc(F)c(C(Cl)C2CC2C)c(F)c1. The summed E-state index contributed by atoms with van der Waals surface area (Å²) in [6.45, 7) is 2.03. The fraction of sp³-hybridized carbons (Fsp3) is 0.500. The fourth-order valence-electron chi connectivity index (χ4n) is 1.92. The zero-order chi connectivity index (χ0) is 11.9. The van der Waals surface area contributed by atoms with Gasteiger partial charge in [0.2, 0.25) is 0 Å². The number of rotatable bonds is 3. The molecule has 1 aromatic carbocycles. The molecule has 0 heterocycles. The van der Waals surface area contributed by atoms with E-state index in [1.54, 1.807) is 0 Å². The molecule has 1 fully saturated rings. The molecule has 0 bridgehead atoms. The van der Waals surface area contributed by atoms with Crippen molar-refractivity contribution in [1.82, 2.24) is 0 Å². The van der Waals surface area contributed by atoms with Crippen molar-refractivity contribution in [3.63, 3.8) is 0 Å². The largest absolute Gasteiger partial charge is 0.497 e. The quantitative estimate of drug-likeness (QED) is 0.735. The Hall–Kier alpha value is -0.830. The molecular weight excluding hydrogens is 234 g/mol. The van der Waals surface area contributed by atoms with Gasteiger partial charge >= 0.3 is 0 Å². The predicted molar refractivity (Wildman–Crippen MR) is 58.8 cm³/mol. The van der Waals surface area contributed by atoms with Crippen LogP contribution in [0.1, 0.15) is 24.3 Å². The molecule has 3 unspecified atom stereocenters. The van der Waals surface area contributed by atoms with E-state index in [1.807, 2.05) is 6.92 Å². The highest BCUT2D eigenvalue weighted by atomic mass is 35.5. The van der Waals surface area contributed by atoms with Crippen LogP contribution in [0.3, 0.4) is 0 Å². The predicted octanol–water partition coefficient (Wildman–Crippen LogP) is 3.91. The Morgan fingerprint density at radius 2 is 1.88 bits per heavy atom. The molecule has 1 aliphatic carbocycles. The van der Waals surface area contributed by atoms with Crippen molar-refractivity contribution in [2.75, 3.05) is 7.11 Å². The van der Waals surface area contributed by atoms with Crippen LogP contribution in [0.15, 0.2) is 12.1 Å². The van der Waals surface area contributed by atoms with Gasteiger partial charge in [-0.1, -0.05) is 6.92 Å². The highest BCUT2D eigenvalue weighted by Gasteiger charge is 2.41. The Bertz CT molecular complexity index is 385. The Morgan fingerprint density at radius 1 is 1.38 bits per heavy atom. The molecule has 0 spiro atoms. The van der Waals surface area contributed by atoms with Gasteiger partial charge in [-0.2, -0.15) is 0 Å². The van der Waals surface area contributed by atoms with Crippen LogP contribution in [-0.4, -0.2) is 7.11 Å². The van der Waals surface area contributed by atoms with Gasteiger partial charge in [0, 0.05) is 17.7 Å². The third kappa shape index (κ3) is 2.01. The van der Waals surface area contributed by atoms with Crippen molar-refractivity contribution in [3.8, 4) is 5.75 Å². The van der Waals surface area contributed by atoms with Crippen molar-refractivity contribution in [2.45, 2.75) is 18.7 Å². The molecule has 1 nitrogen and oxygen atoms in total. The first-order chi connectivity index (χ1) is 7.54. The fourth-order valence-corrected chi connectivity index (χ4v) is 2.47. The molecule has 0 N–H and O–H groups in total. The second-order valence-electron chi connectivity index (χ2n) is 4.28. The molecule has 1 aliphatic rings. The summed E-state index contributed by atoms with van der Waals surface area (Å²) < 4.78 is 32.1. The number of ether oxygens (including phenoxy) is 1. The third-order valence-corrected chi connectivity index (χ3v) is 3.65. The summed E-state index contributed by atoms with van der Waals surface area (Å²) in [5.41, 5.74) is -0.0307. The lowest BCUT2D eigenvalue weighted by Gasteiger charge is -2.12. The molecule has 4 heteroatoms. The van der Waals surface area contributed by atoms with E-state index in [4.69, 9.17) is 16.3 Å². The molecule has 2 rings (SSSR count). The summed E-state index contributed by atoms with van der Waals surface area (Å²) in [5, 5.41) is -0.582. The molecule has 0 amide bonds. The first-order valence-corrected chi connectivity index (χ1v) is 5.65. The topological polar surface area (TPSA) is 9.23 Å². The van der Waals surface area contributed by atoms with Crippen LogP contribution >= 0.6 is 11.6 Å². The Labute approximate surface area is 98.4 Å². The molecule has 16 heavy (non-hydrogen) atoms. The van der Waals surface area contributed by atoms with Crippen LogP contribution in [0.2, 0.25) is 0 Å². The van der Waals surface area contributed by atoms with E-state index in [0.717, 1.165) is 6.42 Å². The zero-order valence-corrected chi connectivity index (χ0v) is 9.89. The number of hydrogen-bond acceptors (Lipinski definition) is 1. The average molecular weight is 247 g/mol. The van der Waals surface area contributed by atoms with E-state index in [-0.39, 0.29) is 17.2 Å². The minimum absolute atomic E-state index is 0.0307. The zero-order valence-electron chi connectivity index (χ0n) is 9.14. The van der Waals surface area contributed by atoms with E-state index in [1.165, 1.54) is 19.2 Å². The molecule has 1 saturated carbocycles. The van der Waals surface area contributed by atoms with E-state index in [0.29, 0.717) is 5.92 Å². The van der Waals surface area contributed by atoms with E-state index in [2.05, 4.69) is 0 Å². The monoisotopic (exact) mass is 246 g/mol. The molecule has 0 aromatic heterocycles. The maximum Gasteiger partial charge on any atom is 0.134 e. The molecule has 0 radical (unpaired) electrons. The van der Waals surface area contributed by atoms with Gasteiger partial charge in [-0.15, -0.1) is 11.6 Å². The van der Waals surface area contributed by atoms with Gasteiger partial charge in [0.1, 0.15) is 17.4 Å². The van der Waals surface area contributed by atoms with Gasteiger partial charge in [0.05, 0.1) is 12.5 Å². The summed E-state index contributed by atoms with van der Waals surface area (Å²) in [6.07, 6.45) is 0.930. The number of benzene rings is 1. The smallest absolute Gasteiger partial charge is 0.134 e. The minimum atomic E-state index is -0.629. The Morgan fingerprint density at radius 3 is 2.25 bits per heavy atom. The average Bonchev–Trinajstić information content (AvgIpc) is 2.94. The van der Waals surface area contributed by atoms with Crippen molar-refractivity contribution in [1.29, 1.82) is 0 Å². The number of halogens is 3. The van der Waals surface area contributed by atoms with Crippen LogP contribution < -0.4 is 4.74 Å². The highest BCUT2D eigenvalue weighted by molar-refractivity contribution is 6.21. The minimum Gasteiger partial charge on any atom is -0.497 e. The van der Waals surface area contributed by atoms with E-state index in [9.17, 15) is 8.78 Å². The van der Waals surface area contributed by atoms with E-state index >= 15 is 0 Å². The first-order valence-electron chi connectivity index (χ1n) is 5.21.